The quantitative estimate of drug-likeness (QED) is 0.503. The van der Waals surface area contributed by atoms with E-state index in [1.807, 2.05) is 0 Å². The van der Waals surface area contributed by atoms with Crippen LogP contribution in [0.15, 0.2) is 33.5 Å². The van der Waals surface area contributed by atoms with Gasteiger partial charge in [-0.05, 0) is 31.5 Å². The lowest BCUT2D eigenvalue weighted by Crippen LogP contribution is -2.37. The molecule has 0 spiro atoms. The van der Waals surface area contributed by atoms with E-state index in [9.17, 15) is 19.8 Å². The number of aliphatic hydroxyl groups is 2. The lowest BCUT2D eigenvalue weighted by Gasteiger charge is -2.25. The number of carbonyl (C=O) groups is 1. The van der Waals surface area contributed by atoms with Crippen LogP contribution in [-0.4, -0.2) is 27.9 Å². The summed E-state index contributed by atoms with van der Waals surface area (Å²) in [6.07, 6.45) is -0.962. The molecule has 2 rings (SSSR count). The zero-order valence-corrected chi connectivity index (χ0v) is 12.6. The summed E-state index contributed by atoms with van der Waals surface area (Å²) in [5.74, 6) is -0.339. The second-order valence-electron chi connectivity index (χ2n) is 5.72. The molecule has 22 heavy (non-hydrogen) atoms. The Kier molecular flexibility index (Phi) is 4.35. The van der Waals surface area contributed by atoms with Crippen molar-refractivity contribution in [2.75, 3.05) is 0 Å². The van der Waals surface area contributed by atoms with Crippen LogP contribution >= 0.6 is 0 Å². The lowest BCUT2D eigenvalue weighted by molar-refractivity contribution is -0.131. The number of esters is 1. The molecule has 0 aliphatic rings. The molecular formula is C16H18O6. The fourth-order valence-electron chi connectivity index (χ4n) is 2.01. The summed E-state index contributed by atoms with van der Waals surface area (Å²) < 4.78 is 10.2. The van der Waals surface area contributed by atoms with Crippen LogP contribution in [0.25, 0.3) is 11.0 Å². The molecule has 1 atom stereocenters. The zero-order valence-electron chi connectivity index (χ0n) is 12.6. The third-order valence-corrected chi connectivity index (χ3v) is 3.28. The molecule has 0 bridgehead atoms. The van der Waals surface area contributed by atoms with Gasteiger partial charge in [0, 0.05) is 30.9 Å². The van der Waals surface area contributed by atoms with E-state index in [4.69, 9.17) is 9.15 Å². The molecule has 0 unspecified atom stereocenters. The summed E-state index contributed by atoms with van der Waals surface area (Å²) in [5.41, 5.74) is -0.993. The molecule has 6 nitrogen and oxygen atoms in total. The molecule has 0 saturated carbocycles. The molecule has 118 valence electrons. The second-order valence-corrected chi connectivity index (χ2v) is 5.72. The SMILES string of the molecule is CC(=O)Oc1cc2oc(=O)ccc2cc1C[C@H](O)C(C)(C)O. The molecule has 0 aliphatic carbocycles. The van der Waals surface area contributed by atoms with Gasteiger partial charge in [0.25, 0.3) is 0 Å². The highest BCUT2D eigenvalue weighted by molar-refractivity contribution is 5.81. The number of fused-ring (bicyclic) bond motifs is 1. The third-order valence-electron chi connectivity index (χ3n) is 3.28. The molecule has 0 fully saturated rings. The van der Waals surface area contributed by atoms with Crippen molar-refractivity contribution in [1.82, 2.24) is 0 Å². The van der Waals surface area contributed by atoms with Crippen molar-refractivity contribution in [2.24, 2.45) is 0 Å². The lowest BCUT2D eigenvalue weighted by atomic mass is 9.94. The minimum Gasteiger partial charge on any atom is -0.426 e. The Morgan fingerprint density at radius 1 is 1.36 bits per heavy atom. The molecule has 0 aliphatic heterocycles. The average Bonchev–Trinajstić information content (AvgIpc) is 2.37. The number of carbonyl (C=O) groups excluding carboxylic acids is 1. The van der Waals surface area contributed by atoms with Crippen LogP contribution in [0.1, 0.15) is 26.3 Å². The maximum Gasteiger partial charge on any atom is 0.336 e. The molecule has 0 radical (unpaired) electrons. The first-order valence-electron chi connectivity index (χ1n) is 6.82. The van der Waals surface area contributed by atoms with Gasteiger partial charge < -0.3 is 19.4 Å². The van der Waals surface area contributed by atoms with Crippen LogP contribution in [-0.2, 0) is 11.2 Å². The third kappa shape index (κ3) is 3.72. The van der Waals surface area contributed by atoms with Crippen LogP contribution in [0.3, 0.4) is 0 Å². The fraction of sp³-hybridized carbons (Fsp3) is 0.375. The molecule has 1 heterocycles. The van der Waals surface area contributed by atoms with Gasteiger partial charge in [-0.3, -0.25) is 4.79 Å². The van der Waals surface area contributed by atoms with Crippen LogP contribution in [0.5, 0.6) is 5.75 Å². The summed E-state index contributed by atoms with van der Waals surface area (Å²) in [4.78, 5) is 22.5. The average molecular weight is 306 g/mol. The van der Waals surface area contributed by atoms with Crippen molar-refractivity contribution in [1.29, 1.82) is 0 Å². The first-order chi connectivity index (χ1) is 10.2. The number of ether oxygens (including phenoxy) is 1. The highest BCUT2D eigenvalue weighted by Gasteiger charge is 2.26. The van der Waals surface area contributed by atoms with Crippen molar-refractivity contribution in [3.05, 3.63) is 40.2 Å². The highest BCUT2D eigenvalue weighted by Crippen LogP contribution is 2.28. The Hall–Kier alpha value is -2.18. The minimum atomic E-state index is -1.30. The first kappa shape index (κ1) is 16.2. The Balaban J connectivity index is 2.52. The van der Waals surface area contributed by atoms with Gasteiger partial charge in [-0.2, -0.15) is 0 Å². The van der Waals surface area contributed by atoms with Crippen LogP contribution in [0, 0.1) is 0 Å². The summed E-state index contributed by atoms with van der Waals surface area (Å²) in [6, 6.07) is 5.96. The molecule has 0 amide bonds. The summed E-state index contributed by atoms with van der Waals surface area (Å²) >= 11 is 0. The van der Waals surface area contributed by atoms with Crippen LogP contribution in [0.2, 0.25) is 0 Å². The van der Waals surface area contributed by atoms with Gasteiger partial charge in [0.15, 0.2) is 0 Å². The maximum absolute atomic E-state index is 11.3. The van der Waals surface area contributed by atoms with Gasteiger partial charge in [-0.1, -0.05) is 0 Å². The van der Waals surface area contributed by atoms with Crippen molar-refractivity contribution in [3.63, 3.8) is 0 Å². The van der Waals surface area contributed by atoms with E-state index >= 15 is 0 Å². The topological polar surface area (TPSA) is 97.0 Å². The Labute approximate surface area is 126 Å². The Bertz CT molecular complexity index is 753. The summed E-state index contributed by atoms with van der Waals surface area (Å²) in [5, 5.41) is 20.5. The van der Waals surface area contributed by atoms with Gasteiger partial charge >= 0.3 is 11.6 Å². The zero-order chi connectivity index (χ0) is 16.5. The molecule has 1 aromatic carbocycles. The largest absolute Gasteiger partial charge is 0.426 e. The molecule has 0 saturated heterocycles. The van der Waals surface area contributed by atoms with Gasteiger partial charge in [0.05, 0.1) is 11.7 Å². The van der Waals surface area contributed by atoms with E-state index in [1.54, 1.807) is 12.1 Å². The number of hydrogen-bond donors (Lipinski definition) is 2. The van der Waals surface area contributed by atoms with E-state index in [2.05, 4.69) is 0 Å². The van der Waals surface area contributed by atoms with E-state index < -0.39 is 23.3 Å². The smallest absolute Gasteiger partial charge is 0.336 e. The normalized spacial score (nSPS) is 13.1. The van der Waals surface area contributed by atoms with Gasteiger partial charge in [0.1, 0.15) is 11.3 Å². The van der Waals surface area contributed by atoms with E-state index in [0.29, 0.717) is 10.9 Å². The van der Waals surface area contributed by atoms with Crippen molar-refractivity contribution in [2.45, 2.75) is 38.9 Å². The predicted molar refractivity (Wildman–Crippen MR) is 79.8 cm³/mol. The number of aliphatic hydroxyl groups excluding tert-OH is 1. The van der Waals surface area contributed by atoms with E-state index in [-0.39, 0.29) is 17.8 Å². The molecule has 1 aromatic heterocycles. The van der Waals surface area contributed by atoms with Crippen molar-refractivity contribution >= 4 is 16.9 Å². The summed E-state index contributed by atoms with van der Waals surface area (Å²) in [7, 11) is 0. The van der Waals surface area contributed by atoms with Gasteiger partial charge in [0.2, 0.25) is 0 Å². The maximum atomic E-state index is 11.3. The predicted octanol–water partition coefficient (Wildman–Crippen LogP) is 1.39. The van der Waals surface area contributed by atoms with Crippen molar-refractivity contribution < 1.29 is 24.2 Å². The van der Waals surface area contributed by atoms with E-state index in [0.717, 1.165) is 0 Å². The number of rotatable bonds is 4. The van der Waals surface area contributed by atoms with Gasteiger partial charge in [-0.25, -0.2) is 4.79 Å². The molecule has 2 N–H and O–H groups in total. The standard InChI is InChI=1S/C16H18O6/c1-9(17)21-13-8-12-10(4-5-15(19)22-12)6-11(13)7-14(18)16(2,3)20/h4-6,8,14,18,20H,7H2,1-3H3/t14-/m0/s1. The van der Waals surface area contributed by atoms with Gasteiger partial charge in [-0.15, -0.1) is 0 Å². The van der Waals surface area contributed by atoms with Crippen molar-refractivity contribution in [3.8, 4) is 5.75 Å². The molecule has 6 heteroatoms. The minimum absolute atomic E-state index is 0.0845. The molecule has 2 aromatic rings. The van der Waals surface area contributed by atoms with Crippen LogP contribution in [0.4, 0.5) is 0 Å². The fourth-order valence-corrected chi connectivity index (χ4v) is 2.01. The molecular weight excluding hydrogens is 288 g/mol. The first-order valence-corrected chi connectivity index (χ1v) is 6.82. The van der Waals surface area contributed by atoms with E-state index in [1.165, 1.54) is 32.9 Å². The summed E-state index contributed by atoms with van der Waals surface area (Å²) in [6.45, 7) is 4.23. The van der Waals surface area contributed by atoms with Crippen LogP contribution < -0.4 is 10.4 Å². The number of benzene rings is 1. The Morgan fingerprint density at radius 3 is 2.64 bits per heavy atom. The number of hydrogen-bond acceptors (Lipinski definition) is 6. The monoisotopic (exact) mass is 306 g/mol. The highest BCUT2D eigenvalue weighted by atomic mass is 16.5. The second kappa shape index (κ2) is 5.90. The Morgan fingerprint density at radius 2 is 2.05 bits per heavy atom.